The van der Waals surface area contributed by atoms with Gasteiger partial charge < -0.3 is 10.4 Å². The van der Waals surface area contributed by atoms with Crippen molar-refractivity contribution in [2.75, 3.05) is 11.9 Å². The number of benzene rings is 1. The third kappa shape index (κ3) is 2.79. The second-order valence-electron chi connectivity index (χ2n) is 4.38. The maximum atomic E-state index is 10.2. The molecule has 1 saturated carbocycles. The molecule has 2 nitrogen and oxygen atoms in total. The van der Waals surface area contributed by atoms with E-state index in [-0.39, 0.29) is 0 Å². The van der Waals surface area contributed by atoms with Gasteiger partial charge in [0.15, 0.2) is 0 Å². The molecule has 1 aliphatic carbocycles. The zero-order valence-electron chi connectivity index (χ0n) is 8.97. The van der Waals surface area contributed by atoms with E-state index in [0.717, 1.165) is 40.3 Å². The molecular formula is C12H15Br2NO. The Morgan fingerprint density at radius 3 is 2.31 bits per heavy atom. The Balaban J connectivity index is 2.04. The normalized spacial score (nSPS) is 18.7. The number of rotatable bonds is 3. The monoisotopic (exact) mass is 347 g/mol. The largest absolute Gasteiger partial charge is 0.388 e. The zero-order chi connectivity index (χ0) is 11.6. The highest BCUT2D eigenvalue weighted by molar-refractivity contribution is 9.11. The Morgan fingerprint density at radius 2 is 1.75 bits per heavy atom. The average molecular weight is 349 g/mol. The first-order chi connectivity index (χ1) is 7.61. The first-order valence-electron chi connectivity index (χ1n) is 5.51. The fourth-order valence-electron chi connectivity index (χ4n) is 2.13. The van der Waals surface area contributed by atoms with Gasteiger partial charge in [-0.15, -0.1) is 0 Å². The second kappa shape index (κ2) is 5.07. The van der Waals surface area contributed by atoms with Crippen LogP contribution in [0, 0.1) is 0 Å². The number of nitrogens with one attached hydrogen (secondary N) is 1. The zero-order valence-corrected chi connectivity index (χ0v) is 12.1. The summed E-state index contributed by atoms with van der Waals surface area (Å²) in [5, 5.41) is 13.6. The SMILES string of the molecule is OC1(CNc2c(Br)cccc2Br)CCCC1. The number of hydrogen-bond acceptors (Lipinski definition) is 2. The van der Waals surface area contributed by atoms with Gasteiger partial charge in [0.25, 0.3) is 0 Å². The second-order valence-corrected chi connectivity index (χ2v) is 6.09. The Morgan fingerprint density at radius 1 is 1.19 bits per heavy atom. The summed E-state index contributed by atoms with van der Waals surface area (Å²) < 4.78 is 2.03. The molecule has 4 heteroatoms. The van der Waals surface area contributed by atoms with Gasteiger partial charge in [0.05, 0.1) is 11.3 Å². The third-order valence-corrected chi connectivity index (χ3v) is 4.41. The van der Waals surface area contributed by atoms with Crippen LogP contribution in [0.2, 0.25) is 0 Å². The van der Waals surface area contributed by atoms with Gasteiger partial charge in [-0.2, -0.15) is 0 Å². The van der Waals surface area contributed by atoms with Gasteiger partial charge in [-0.1, -0.05) is 18.9 Å². The summed E-state index contributed by atoms with van der Waals surface area (Å²) in [6.07, 6.45) is 4.08. The first kappa shape index (κ1) is 12.4. The molecule has 2 rings (SSSR count). The summed E-state index contributed by atoms with van der Waals surface area (Å²) in [5.41, 5.74) is 0.497. The van der Waals surface area contributed by atoms with Crippen molar-refractivity contribution in [2.24, 2.45) is 0 Å². The molecule has 0 radical (unpaired) electrons. The maximum Gasteiger partial charge on any atom is 0.0819 e. The fraction of sp³-hybridized carbons (Fsp3) is 0.500. The van der Waals surface area contributed by atoms with Crippen LogP contribution in [-0.2, 0) is 0 Å². The van der Waals surface area contributed by atoms with Crippen LogP contribution in [0.25, 0.3) is 0 Å². The van der Waals surface area contributed by atoms with Gasteiger partial charge in [0, 0.05) is 15.5 Å². The molecule has 0 aromatic heterocycles. The summed E-state index contributed by atoms with van der Waals surface area (Å²) in [6.45, 7) is 0.619. The van der Waals surface area contributed by atoms with Crippen molar-refractivity contribution in [1.82, 2.24) is 0 Å². The van der Waals surface area contributed by atoms with E-state index in [0.29, 0.717) is 6.54 Å². The Bertz CT molecular complexity index is 355. The number of hydrogen-bond donors (Lipinski definition) is 2. The van der Waals surface area contributed by atoms with Gasteiger partial charge in [0.2, 0.25) is 0 Å². The molecule has 0 amide bonds. The molecule has 1 aliphatic rings. The van der Waals surface area contributed by atoms with Crippen molar-refractivity contribution in [1.29, 1.82) is 0 Å². The van der Waals surface area contributed by atoms with Gasteiger partial charge in [-0.25, -0.2) is 0 Å². The minimum absolute atomic E-state index is 0.519. The van der Waals surface area contributed by atoms with Crippen molar-refractivity contribution < 1.29 is 5.11 Å². The van der Waals surface area contributed by atoms with Gasteiger partial charge in [-0.3, -0.25) is 0 Å². The molecule has 1 aromatic carbocycles. The van der Waals surface area contributed by atoms with Crippen LogP contribution in [0.3, 0.4) is 0 Å². The standard InChI is InChI=1S/C12H15Br2NO/c13-9-4-3-5-10(14)11(9)15-8-12(16)6-1-2-7-12/h3-5,15-16H,1-2,6-8H2. The summed E-state index contributed by atoms with van der Waals surface area (Å²) in [4.78, 5) is 0. The van der Waals surface area contributed by atoms with Crippen molar-refractivity contribution >= 4 is 37.5 Å². The van der Waals surface area contributed by atoms with Gasteiger partial charge in [0.1, 0.15) is 0 Å². The van der Waals surface area contributed by atoms with Crippen molar-refractivity contribution in [3.8, 4) is 0 Å². The van der Waals surface area contributed by atoms with Crippen LogP contribution >= 0.6 is 31.9 Å². The minimum Gasteiger partial charge on any atom is -0.388 e. The Labute approximate surface area is 113 Å². The third-order valence-electron chi connectivity index (χ3n) is 3.09. The van der Waals surface area contributed by atoms with E-state index in [4.69, 9.17) is 0 Å². The summed E-state index contributed by atoms with van der Waals surface area (Å²) in [5.74, 6) is 0. The molecule has 0 unspecified atom stereocenters. The lowest BCUT2D eigenvalue weighted by Gasteiger charge is -2.23. The smallest absolute Gasteiger partial charge is 0.0819 e. The Hall–Kier alpha value is -0.0600. The quantitative estimate of drug-likeness (QED) is 0.867. The molecule has 88 valence electrons. The van der Waals surface area contributed by atoms with Crippen molar-refractivity contribution in [3.05, 3.63) is 27.1 Å². The van der Waals surface area contributed by atoms with E-state index >= 15 is 0 Å². The highest BCUT2D eigenvalue weighted by atomic mass is 79.9. The minimum atomic E-state index is -0.519. The lowest BCUT2D eigenvalue weighted by Crippen LogP contribution is -2.33. The molecule has 1 aromatic rings. The summed E-state index contributed by atoms with van der Waals surface area (Å²) >= 11 is 7.00. The van der Waals surface area contributed by atoms with Crippen LogP contribution < -0.4 is 5.32 Å². The molecule has 16 heavy (non-hydrogen) atoms. The molecule has 0 spiro atoms. The number of aliphatic hydroxyl groups is 1. The molecule has 0 aliphatic heterocycles. The molecule has 0 bridgehead atoms. The fourth-order valence-corrected chi connectivity index (χ4v) is 3.41. The van der Waals surface area contributed by atoms with Gasteiger partial charge >= 0.3 is 0 Å². The molecular weight excluding hydrogens is 334 g/mol. The van der Waals surface area contributed by atoms with Crippen LogP contribution in [0.15, 0.2) is 27.1 Å². The van der Waals surface area contributed by atoms with E-state index in [2.05, 4.69) is 37.2 Å². The van der Waals surface area contributed by atoms with E-state index in [1.54, 1.807) is 0 Å². The van der Waals surface area contributed by atoms with Crippen LogP contribution in [0.4, 0.5) is 5.69 Å². The predicted octanol–water partition coefficient (Wildman–Crippen LogP) is 3.93. The molecule has 2 N–H and O–H groups in total. The average Bonchev–Trinajstić information content (AvgIpc) is 2.65. The lowest BCUT2D eigenvalue weighted by molar-refractivity contribution is 0.0614. The molecule has 1 fully saturated rings. The van der Waals surface area contributed by atoms with E-state index in [9.17, 15) is 5.11 Å². The van der Waals surface area contributed by atoms with Gasteiger partial charge in [-0.05, 0) is 56.8 Å². The predicted molar refractivity (Wildman–Crippen MR) is 73.7 cm³/mol. The highest BCUT2D eigenvalue weighted by Gasteiger charge is 2.30. The molecule has 0 atom stereocenters. The van der Waals surface area contributed by atoms with Crippen molar-refractivity contribution in [2.45, 2.75) is 31.3 Å². The van der Waals surface area contributed by atoms with Crippen LogP contribution in [0.5, 0.6) is 0 Å². The van der Waals surface area contributed by atoms with E-state index < -0.39 is 5.60 Å². The van der Waals surface area contributed by atoms with E-state index in [1.807, 2.05) is 18.2 Å². The highest BCUT2D eigenvalue weighted by Crippen LogP contribution is 2.33. The van der Waals surface area contributed by atoms with Crippen molar-refractivity contribution in [3.63, 3.8) is 0 Å². The number of anilines is 1. The molecule has 0 heterocycles. The van der Waals surface area contributed by atoms with Crippen LogP contribution in [-0.4, -0.2) is 17.3 Å². The number of para-hydroxylation sites is 1. The molecule has 0 saturated heterocycles. The first-order valence-corrected chi connectivity index (χ1v) is 7.10. The Kier molecular flexibility index (Phi) is 3.93. The summed E-state index contributed by atoms with van der Waals surface area (Å²) in [7, 11) is 0. The van der Waals surface area contributed by atoms with Crippen LogP contribution in [0.1, 0.15) is 25.7 Å². The number of halogens is 2. The lowest BCUT2D eigenvalue weighted by atomic mass is 10.0. The topological polar surface area (TPSA) is 32.3 Å². The van der Waals surface area contributed by atoms with E-state index in [1.165, 1.54) is 0 Å². The summed E-state index contributed by atoms with van der Waals surface area (Å²) in [6, 6.07) is 5.96. The maximum absolute atomic E-state index is 10.2.